The van der Waals surface area contributed by atoms with Gasteiger partial charge in [-0.2, -0.15) is 0 Å². The number of pyridine rings is 1. The Kier molecular flexibility index (Phi) is 4.59. The van der Waals surface area contributed by atoms with Crippen LogP contribution >= 0.6 is 0 Å². The molecule has 1 heterocycles. The van der Waals surface area contributed by atoms with Crippen molar-refractivity contribution in [3.05, 3.63) is 33.7 Å². The molecule has 0 amide bonds. The molecule has 1 aromatic rings. The predicted octanol–water partition coefficient (Wildman–Crippen LogP) is 2.12. The number of unbranched alkanes of at least 4 members (excludes halogenated alkanes) is 1. The van der Waals surface area contributed by atoms with E-state index >= 15 is 0 Å². The lowest BCUT2D eigenvalue weighted by atomic mass is 10.2. The van der Waals surface area contributed by atoms with Gasteiger partial charge in [0, 0.05) is 24.3 Å². The highest BCUT2D eigenvalue weighted by atomic mass is 16.1. The number of aromatic nitrogens is 1. The first kappa shape index (κ1) is 13.3. The quantitative estimate of drug-likeness (QED) is 0.782. The van der Waals surface area contributed by atoms with Gasteiger partial charge in [0.05, 0.1) is 0 Å². The lowest BCUT2D eigenvalue weighted by Crippen LogP contribution is -2.25. The van der Waals surface area contributed by atoms with Gasteiger partial charge in [-0.15, -0.1) is 0 Å². The number of hydrogen-bond donors (Lipinski definition) is 1. The fraction of sp³-hybridized carbons (Fsp3) is 0.667. The first-order chi connectivity index (χ1) is 8.68. The van der Waals surface area contributed by atoms with Crippen molar-refractivity contribution in [3.8, 4) is 0 Å². The van der Waals surface area contributed by atoms with Gasteiger partial charge in [0.1, 0.15) is 0 Å². The van der Waals surface area contributed by atoms with Crippen molar-refractivity contribution in [1.82, 2.24) is 9.88 Å². The highest BCUT2D eigenvalue weighted by Crippen LogP contribution is 2.20. The van der Waals surface area contributed by atoms with Gasteiger partial charge in [-0.25, -0.2) is 0 Å². The van der Waals surface area contributed by atoms with Gasteiger partial charge in [-0.3, -0.25) is 4.79 Å². The van der Waals surface area contributed by atoms with Crippen LogP contribution < -0.4 is 10.9 Å². The Bertz CT molecular complexity index is 448. The van der Waals surface area contributed by atoms with Crippen molar-refractivity contribution >= 4 is 0 Å². The van der Waals surface area contributed by atoms with E-state index < -0.39 is 0 Å². The van der Waals surface area contributed by atoms with Gasteiger partial charge >= 0.3 is 0 Å². The Morgan fingerprint density at radius 1 is 1.28 bits per heavy atom. The third-order valence-corrected chi connectivity index (χ3v) is 3.61. The zero-order valence-corrected chi connectivity index (χ0v) is 11.5. The minimum atomic E-state index is 0.174. The van der Waals surface area contributed by atoms with Crippen LogP contribution in [-0.4, -0.2) is 17.2 Å². The zero-order chi connectivity index (χ0) is 13.0. The second-order valence-corrected chi connectivity index (χ2v) is 5.46. The van der Waals surface area contributed by atoms with E-state index in [0.717, 1.165) is 38.8 Å². The maximum atomic E-state index is 11.9. The first-order valence-corrected chi connectivity index (χ1v) is 7.13. The summed E-state index contributed by atoms with van der Waals surface area (Å²) in [6.45, 7) is 6.24. The summed E-state index contributed by atoms with van der Waals surface area (Å²) in [4.78, 5) is 11.9. The van der Waals surface area contributed by atoms with Gasteiger partial charge in [0.25, 0.3) is 5.56 Å². The zero-order valence-electron chi connectivity index (χ0n) is 11.5. The smallest absolute Gasteiger partial charge is 0.250 e. The van der Waals surface area contributed by atoms with Crippen molar-refractivity contribution in [1.29, 1.82) is 0 Å². The molecule has 0 aliphatic heterocycles. The molecule has 18 heavy (non-hydrogen) atoms. The summed E-state index contributed by atoms with van der Waals surface area (Å²) in [6, 6.07) is 4.30. The average molecular weight is 248 g/mol. The van der Waals surface area contributed by atoms with Gasteiger partial charge < -0.3 is 9.88 Å². The van der Waals surface area contributed by atoms with Crippen LogP contribution in [-0.2, 0) is 19.4 Å². The topological polar surface area (TPSA) is 34.0 Å². The molecule has 1 aliphatic carbocycles. The number of nitrogens with one attached hydrogen (secondary N) is 1. The number of rotatable bonds is 6. The third kappa shape index (κ3) is 3.22. The Morgan fingerprint density at radius 2 is 2.11 bits per heavy atom. The summed E-state index contributed by atoms with van der Waals surface area (Å²) in [5.41, 5.74) is 2.85. The Hall–Kier alpha value is -1.09. The monoisotopic (exact) mass is 248 g/mol. The molecule has 1 aliphatic rings. The third-order valence-electron chi connectivity index (χ3n) is 3.61. The van der Waals surface area contributed by atoms with Crippen LogP contribution in [0, 0.1) is 0 Å². The van der Waals surface area contributed by atoms with E-state index in [0.29, 0.717) is 6.04 Å². The fourth-order valence-electron chi connectivity index (χ4n) is 2.66. The number of nitrogens with zero attached hydrogens (tertiary/aromatic N) is 1. The summed E-state index contributed by atoms with van der Waals surface area (Å²) in [7, 11) is 0. The Labute approximate surface area is 109 Å². The van der Waals surface area contributed by atoms with Crippen LogP contribution in [0.3, 0.4) is 0 Å². The largest absolute Gasteiger partial charge is 0.315 e. The molecule has 0 saturated heterocycles. The lowest BCUT2D eigenvalue weighted by Gasteiger charge is -2.12. The minimum absolute atomic E-state index is 0.174. The van der Waals surface area contributed by atoms with E-state index in [1.165, 1.54) is 17.7 Å². The molecule has 0 spiro atoms. The van der Waals surface area contributed by atoms with Crippen LogP contribution in [0.15, 0.2) is 16.9 Å². The molecule has 3 heteroatoms. The molecule has 0 saturated carbocycles. The Balaban J connectivity index is 1.90. The highest BCUT2D eigenvalue weighted by molar-refractivity contribution is 5.25. The standard InChI is InChI=1S/C15H24N2O/c1-12(2)16-10-3-4-11-17-14-7-5-6-13(14)8-9-15(17)18/h8-9,12,16H,3-7,10-11H2,1-2H3. The lowest BCUT2D eigenvalue weighted by molar-refractivity contribution is 0.520. The molecular weight excluding hydrogens is 224 g/mol. The van der Waals surface area contributed by atoms with Gasteiger partial charge in [-0.05, 0) is 44.2 Å². The van der Waals surface area contributed by atoms with Crippen molar-refractivity contribution < 1.29 is 0 Å². The first-order valence-electron chi connectivity index (χ1n) is 7.13. The van der Waals surface area contributed by atoms with Crippen LogP contribution in [0.25, 0.3) is 0 Å². The SMILES string of the molecule is CC(C)NCCCCn1c2c(ccc1=O)CCC2. The summed E-state index contributed by atoms with van der Waals surface area (Å²) in [6.07, 6.45) is 5.64. The van der Waals surface area contributed by atoms with Crippen molar-refractivity contribution in [3.63, 3.8) is 0 Å². The molecule has 0 bridgehead atoms. The molecule has 1 N–H and O–H groups in total. The summed E-state index contributed by atoms with van der Waals surface area (Å²) in [5, 5.41) is 3.41. The number of hydrogen-bond acceptors (Lipinski definition) is 2. The van der Waals surface area contributed by atoms with E-state index in [1.54, 1.807) is 6.07 Å². The van der Waals surface area contributed by atoms with Crippen molar-refractivity contribution in [2.45, 2.75) is 58.5 Å². The number of aryl methyl sites for hydroxylation is 1. The second kappa shape index (κ2) is 6.19. The normalized spacial score (nSPS) is 14.2. The molecule has 0 radical (unpaired) electrons. The molecule has 3 nitrogen and oxygen atoms in total. The van der Waals surface area contributed by atoms with Crippen LogP contribution in [0.5, 0.6) is 0 Å². The van der Waals surface area contributed by atoms with E-state index in [1.807, 2.05) is 10.6 Å². The second-order valence-electron chi connectivity index (χ2n) is 5.46. The Morgan fingerprint density at radius 3 is 2.89 bits per heavy atom. The van der Waals surface area contributed by atoms with E-state index in [9.17, 15) is 4.79 Å². The van der Waals surface area contributed by atoms with E-state index in [2.05, 4.69) is 19.2 Å². The molecule has 0 fully saturated rings. The molecule has 0 unspecified atom stereocenters. The van der Waals surface area contributed by atoms with Crippen LogP contribution in [0.4, 0.5) is 0 Å². The molecule has 0 atom stereocenters. The highest BCUT2D eigenvalue weighted by Gasteiger charge is 2.15. The van der Waals surface area contributed by atoms with Crippen molar-refractivity contribution in [2.75, 3.05) is 6.54 Å². The summed E-state index contributed by atoms with van der Waals surface area (Å²) < 4.78 is 2.00. The average Bonchev–Trinajstić information content (AvgIpc) is 2.79. The maximum absolute atomic E-state index is 11.9. The van der Waals surface area contributed by atoms with E-state index in [-0.39, 0.29) is 5.56 Å². The van der Waals surface area contributed by atoms with Gasteiger partial charge in [0.15, 0.2) is 0 Å². The maximum Gasteiger partial charge on any atom is 0.250 e. The number of fused-ring (bicyclic) bond motifs is 1. The molecule has 0 aromatic carbocycles. The van der Waals surface area contributed by atoms with E-state index in [4.69, 9.17) is 0 Å². The minimum Gasteiger partial charge on any atom is -0.315 e. The molecular formula is C15H24N2O. The van der Waals surface area contributed by atoms with Crippen LogP contribution in [0.2, 0.25) is 0 Å². The molecule has 2 rings (SSSR count). The predicted molar refractivity (Wildman–Crippen MR) is 75.1 cm³/mol. The summed E-state index contributed by atoms with van der Waals surface area (Å²) >= 11 is 0. The summed E-state index contributed by atoms with van der Waals surface area (Å²) in [5.74, 6) is 0. The van der Waals surface area contributed by atoms with Crippen LogP contribution in [0.1, 0.15) is 44.4 Å². The molecule has 100 valence electrons. The van der Waals surface area contributed by atoms with Crippen molar-refractivity contribution in [2.24, 2.45) is 0 Å². The molecule has 1 aromatic heterocycles. The fourth-order valence-corrected chi connectivity index (χ4v) is 2.66. The van der Waals surface area contributed by atoms with Gasteiger partial charge in [0.2, 0.25) is 0 Å². The van der Waals surface area contributed by atoms with Gasteiger partial charge in [-0.1, -0.05) is 19.9 Å².